The highest BCUT2D eigenvalue weighted by molar-refractivity contribution is 6.01. The minimum Gasteiger partial charge on any atom is -0.507 e. The van der Waals surface area contributed by atoms with Crippen LogP contribution in [0.2, 0.25) is 0 Å². The van der Waals surface area contributed by atoms with Crippen molar-refractivity contribution < 1.29 is 9.84 Å². The molecule has 2 aromatic heterocycles. The topological polar surface area (TPSA) is 71.7 Å². The maximum absolute atomic E-state index is 10.8. The Bertz CT molecular complexity index is 1360. The van der Waals surface area contributed by atoms with Crippen LogP contribution in [0.3, 0.4) is 0 Å². The molecule has 6 nitrogen and oxygen atoms in total. The van der Waals surface area contributed by atoms with Crippen molar-refractivity contribution in [1.29, 1.82) is 0 Å². The number of anilines is 1. The lowest BCUT2D eigenvalue weighted by atomic mass is 10.0. The third-order valence-electron chi connectivity index (χ3n) is 5.17. The molecule has 0 aliphatic rings. The molecule has 148 valence electrons. The van der Waals surface area contributed by atoms with Crippen LogP contribution in [-0.4, -0.2) is 26.6 Å². The number of fused-ring (bicyclic) bond motifs is 2. The first kappa shape index (κ1) is 18.0. The van der Waals surface area contributed by atoms with E-state index in [-0.39, 0.29) is 5.75 Å². The van der Waals surface area contributed by atoms with Crippen molar-refractivity contribution in [2.24, 2.45) is 0 Å². The first-order chi connectivity index (χ1) is 14.7. The Morgan fingerprint density at radius 3 is 2.87 bits per heavy atom. The van der Waals surface area contributed by atoms with E-state index in [0.29, 0.717) is 23.4 Å². The second kappa shape index (κ2) is 7.40. The fourth-order valence-electron chi connectivity index (χ4n) is 3.73. The van der Waals surface area contributed by atoms with Crippen LogP contribution in [0.25, 0.3) is 27.7 Å². The Kier molecular flexibility index (Phi) is 4.44. The number of ether oxygens (including phenoxy) is 1. The summed E-state index contributed by atoms with van der Waals surface area (Å²) in [7, 11) is 1.66. The van der Waals surface area contributed by atoms with Crippen molar-refractivity contribution in [3.8, 4) is 22.8 Å². The van der Waals surface area contributed by atoms with Gasteiger partial charge < -0.3 is 15.2 Å². The number of phenolic OH excluding ortho intramolecular Hbond substituents is 1. The predicted molar refractivity (Wildman–Crippen MR) is 118 cm³/mol. The number of nitrogens with zero attached hydrogens (tertiary/aromatic N) is 3. The zero-order valence-electron chi connectivity index (χ0n) is 16.4. The molecule has 3 aromatic carbocycles. The molecule has 5 aromatic rings. The number of hydrogen-bond acceptors (Lipinski definition) is 5. The highest BCUT2D eigenvalue weighted by atomic mass is 16.5. The molecule has 0 atom stereocenters. The molecular weight excluding hydrogens is 376 g/mol. The van der Waals surface area contributed by atoms with Gasteiger partial charge in [-0.2, -0.15) is 0 Å². The summed E-state index contributed by atoms with van der Waals surface area (Å²) >= 11 is 0. The third kappa shape index (κ3) is 3.08. The summed E-state index contributed by atoms with van der Waals surface area (Å²) in [5.41, 5.74) is 3.16. The van der Waals surface area contributed by atoms with Gasteiger partial charge in [0.2, 0.25) is 0 Å². The monoisotopic (exact) mass is 396 g/mol. The Labute approximate surface area is 173 Å². The van der Waals surface area contributed by atoms with E-state index in [1.165, 1.54) is 0 Å². The number of methoxy groups -OCH3 is 1. The van der Waals surface area contributed by atoms with Crippen molar-refractivity contribution in [2.75, 3.05) is 12.4 Å². The highest BCUT2D eigenvalue weighted by Gasteiger charge is 2.19. The first-order valence-corrected chi connectivity index (χ1v) is 9.64. The van der Waals surface area contributed by atoms with Crippen LogP contribution in [0.5, 0.6) is 11.5 Å². The van der Waals surface area contributed by atoms with Gasteiger partial charge in [0.15, 0.2) is 5.65 Å². The first-order valence-electron chi connectivity index (χ1n) is 9.64. The van der Waals surface area contributed by atoms with Gasteiger partial charge in [0.05, 0.1) is 18.9 Å². The van der Waals surface area contributed by atoms with E-state index in [9.17, 15) is 5.11 Å². The van der Waals surface area contributed by atoms with Gasteiger partial charge >= 0.3 is 0 Å². The van der Waals surface area contributed by atoms with Gasteiger partial charge in [-0.25, -0.2) is 4.98 Å². The fraction of sp³-hybridized carbons (Fsp3) is 0.0833. The molecule has 6 heteroatoms. The van der Waals surface area contributed by atoms with Crippen LogP contribution >= 0.6 is 0 Å². The molecule has 0 saturated heterocycles. The average Bonchev–Trinajstić information content (AvgIpc) is 3.15. The number of aromatic hydroxyl groups is 1. The van der Waals surface area contributed by atoms with Crippen LogP contribution in [0.1, 0.15) is 5.56 Å². The second-order valence-corrected chi connectivity index (χ2v) is 7.00. The fourth-order valence-corrected chi connectivity index (χ4v) is 3.73. The lowest BCUT2D eigenvalue weighted by Gasteiger charge is -2.12. The van der Waals surface area contributed by atoms with E-state index in [2.05, 4.69) is 10.3 Å². The van der Waals surface area contributed by atoms with Crippen LogP contribution in [-0.2, 0) is 6.54 Å². The maximum atomic E-state index is 10.8. The Balaban J connectivity index is 1.66. The van der Waals surface area contributed by atoms with E-state index < -0.39 is 0 Å². The zero-order chi connectivity index (χ0) is 20.5. The molecule has 0 amide bonds. The Morgan fingerprint density at radius 2 is 1.97 bits per heavy atom. The molecule has 0 aliphatic heterocycles. The summed E-state index contributed by atoms with van der Waals surface area (Å²) in [6, 6.07) is 19.5. The molecule has 0 bridgehead atoms. The maximum Gasteiger partial charge on any atom is 0.157 e. The van der Waals surface area contributed by atoms with Crippen LogP contribution in [0, 0.1) is 0 Å². The smallest absolute Gasteiger partial charge is 0.157 e. The van der Waals surface area contributed by atoms with Crippen molar-refractivity contribution in [2.45, 2.75) is 6.54 Å². The molecule has 30 heavy (non-hydrogen) atoms. The van der Waals surface area contributed by atoms with E-state index in [1.54, 1.807) is 25.6 Å². The van der Waals surface area contributed by atoms with Crippen molar-refractivity contribution in [1.82, 2.24) is 14.4 Å². The summed E-state index contributed by atoms with van der Waals surface area (Å²) in [4.78, 5) is 8.99. The summed E-state index contributed by atoms with van der Waals surface area (Å²) in [6.45, 7) is 0.575. The van der Waals surface area contributed by atoms with Gasteiger partial charge in [-0.3, -0.25) is 9.38 Å². The van der Waals surface area contributed by atoms with Gasteiger partial charge in [0.1, 0.15) is 23.0 Å². The summed E-state index contributed by atoms with van der Waals surface area (Å²) < 4.78 is 7.28. The molecule has 5 rings (SSSR count). The minimum absolute atomic E-state index is 0.189. The largest absolute Gasteiger partial charge is 0.507 e. The number of aromatic nitrogens is 3. The number of rotatable bonds is 5. The lowest BCUT2D eigenvalue weighted by Crippen LogP contribution is -2.04. The van der Waals surface area contributed by atoms with Crippen LogP contribution in [0.15, 0.2) is 79.3 Å². The molecule has 0 spiro atoms. The number of phenols is 1. The van der Waals surface area contributed by atoms with Crippen LogP contribution < -0.4 is 10.1 Å². The molecule has 2 heterocycles. The predicted octanol–water partition coefficient (Wildman–Crippen LogP) is 4.88. The van der Waals surface area contributed by atoms with Gasteiger partial charge in [0, 0.05) is 18.9 Å². The van der Waals surface area contributed by atoms with Crippen molar-refractivity contribution in [3.63, 3.8) is 0 Å². The average molecular weight is 396 g/mol. The summed E-state index contributed by atoms with van der Waals surface area (Å²) in [6.07, 6.45) is 5.29. The number of nitrogens with one attached hydrogen (secondary N) is 1. The number of benzene rings is 3. The molecular formula is C24H20N4O2. The van der Waals surface area contributed by atoms with E-state index in [0.717, 1.165) is 27.9 Å². The Hall–Kier alpha value is -4.06. The molecule has 0 saturated carbocycles. The van der Waals surface area contributed by atoms with Gasteiger partial charge in [-0.15, -0.1) is 0 Å². The minimum atomic E-state index is 0.189. The number of imidazole rings is 1. The molecule has 0 radical (unpaired) electrons. The van der Waals surface area contributed by atoms with Crippen LogP contribution in [0.4, 0.5) is 5.82 Å². The van der Waals surface area contributed by atoms with E-state index in [4.69, 9.17) is 9.72 Å². The molecule has 0 aliphatic carbocycles. The normalized spacial score (nSPS) is 11.1. The van der Waals surface area contributed by atoms with E-state index in [1.807, 2.05) is 65.2 Å². The quantitative estimate of drug-likeness (QED) is 0.443. The molecule has 0 unspecified atom stereocenters. The molecule has 0 fully saturated rings. The molecule has 2 N–H and O–H groups in total. The van der Waals surface area contributed by atoms with Gasteiger partial charge in [-0.05, 0) is 34.5 Å². The number of hydrogen-bond donors (Lipinski definition) is 2. The summed E-state index contributed by atoms with van der Waals surface area (Å²) in [5.74, 6) is 1.79. The van der Waals surface area contributed by atoms with Crippen molar-refractivity contribution >= 4 is 22.2 Å². The van der Waals surface area contributed by atoms with Gasteiger partial charge in [0.25, 0.3) is 0 Å². The summed E-state index contributed by atoms with van der Waals surface area (Å²) in [5, 5.41) is 16.2. The van der Waals surface area contributed by atoms with Crippen molar-refractivity contribution in [3.05, 3.63) is 84.8 Å². The van der Waals surface area contributed by atoms with E-state index >= 15 is 0 Å². The highest BCUT2D eigenvalue weighted by Crippen LogP contribution is 2.40. The van der Waals surface area contributed by atoms with Gasteiger partial charge in [-0.1, -0.05) is 42.5 Å². The standard InChI is InChI=1S/C24H20N4O2/c1-30-18-7-4-5-16(13-18)14-26-24-23(27-21-15-25-11-12-28(21)24)22-19-8-3-2-6-17(19)9-10-20(22)29/h2-13,15,26,29H,14H2,1H3. The SMILES string of the molecule is COc1cccc(CNc2c(-c3c(O)ccc4ccccc34)nc3cnccn23)c1. The zero-order valence-corrected chi connectivity index (χ0v) is 16.4. The second-order valence-electron chi connectivity index (χ2n) is 7.00. The lowest BCUT2D eigenvalue weighted by molar-refractivity contribution is 0.414. The Morgan fingerprint density at radius 1 is 1.07 bits per heavy atom. The third-order valence-corrected chi connectivity index (χ3v) is 5.17.